The molecule has 1 aromatic rings. The molecule has 1 aromatic heterocycles. The van der Waals surface area contributed by atoms with Crippen molar-refractivity contribution in [3.05, 3.63) is 22.4 Å². The third-order valence-electron chi connectivity index (χ3n) is 3.08. The Kier molecular flexibility index (Phi) is 3.09. The average molecular weight is 216 g/mol. The number of nitriles is 1. The fourth-order valence-corrected chi connectivity index (χ4v) is 2.34. The van der Waals surface area contributed by atoms with Crippen LogP contribution in [0.25, 0.3) is 0 Å². The first-order valence-corrected chi connectivity index (χ1v) is 5.83. The Balaban J connectivity index is 2.58. The topological polar surface area (TPSA) is 45.9 Å². The fourth-order valence-electron chi connectivity index (χ4n) is 2.34. The molecule has 1 aliphatic rings. The van der Waals surface area contributed by atoms with Crippen LogP contribution in [0.1, 0.15) is 42.1 Å². The van der Waals surface area contributed by atoms with Crippen LogP contribution in [0.15, 0.2) is 0 Å². The van der Waals surface area contributed by atoms with Gasteiger partial charge in [0.1, 0.15) is 11.6 Å². The molecule has 0 fully saturated rings. The zero-order valence-corrected chi connectivity index (χ0v) is 9.84. The number of hydrogen-bond acceptors (Lipinski definition) is 3. The van der Waals surface area contributed by atoms with Gasteiger partial charge >= 0.3 is 0 Å². The Morgan fingerprint density at radius 3 is 2.62 bits per heavy atom. The predicted octanol–water partition coefficient (Wildman–Crippen LogP) is 2.54. The highest BCUT2D eigenvalue weighted by atomic mass is 16.5. The highest BCUT2D eigenvalue weighted by Gasteiger charge is 2.20. The van der Waals surface area contributed by atoms with Crippen molar-refractivity contribution < 1.29 is 4.74 Å². The van der Waals surface area contributed by atoms with E-state index in [1.807, 2.05) is 13.8 Å². The number of ether oxygens (including phenoxy) is 1. The van der Waals surface area contributed by atoms with E-state index in [2.05, 4.69) is 11.1 Å². The molecule has 16 heavy (non-hydrogen) atoms. The number of hydrogen-bond donors (Lipinski definition) is 0. The van der Waals surface area contributed by atoms with Gasteiger partial charge in [-0.15, -0.1) is 0 Å². The largest absolute Gasteiger partial charge is 0.477 e. The molecule has 0 aliphatic heterocycles. The second-order valence-corrected chi connectivity index (χ2v) is 4.09. The van der Waals surface area contributed by atoms with Crippen molar-refractivity contribution in [2.75, 3.05) is 6.61 Å². The van der Waals surface area contributed by atoms with Crippen LogP contribution in [-0.4, -0.2) is 11.6 Å². The van der Waals surface area contributed by atoms with Gasteiger partial charge in [0.05, 0.1) is 6.61 Å². The molecular weight excluding hydrogens is 200 g/mol. The van der Waals surface area contributed by atoms with Gasteiger partial charge in [0.2, 0.25) is 5.88 Å². The standard InChI is InChI=1S/C13H16N2O/c1-3-16-13-12(8-14)11-7-5-4-6-10(11)9(2)15-13/h3-7H2,1-2H3. The molecule has 1 aliphatic carbocycles. The van der Waals surface area contributed by atoms with Gasteiger partial charge in [0.15, 0.2) is 0 Å². The highest BCUT2D eigenvalue weighted by molar-refractivity contribution is 5.51. The summed E-state index contributed by atoms with van der Waals surface area (Å²) >= 11 is 0. The SMILES string of the molecule is CCOc1nc(C)c2c(c1C#N)CCCC2. The van der Waals surface area contributed by atoms with Crippen molar-refractivity contribution in [3.63, 3.8) is 0 Å². The third kappa shape index (κ3) is 1.76. The second kappa shape index (κ2) is 4.52. The minimum absolute atomic E-state index is 0.517. The zero-order chi connectivity index (χ0) is 11.5. The lowest BCUT2D eigenvalue weighted by Gasteiger charge is -2.20. The number of pyridine rings is 1. The predicted molar refractivity (Wildman–Crippen MR) is 61.5 cm³/mol. The van der Waals surface area contributed by atoms with Crippen molar-refractivity contribution in [2.24, 2.45) is 0 Å². The van der Waals surface area contributed by atoms with Crippen LogP contribution in [0.5, 0.6) is 5.88 Å². The molecular formula is C13H16N2O. The Labute approximate surface area is 96.1 Å². The summed E-state index contributed by atoms with van der Waals surface area (Å²) in [6.45, 7) is 4.48. The summed E-state index contributed by atoms with van der Waals surface area (Å²) < 4.78 is 5.44. The van der Waals surface area contributed by atoms with Gasteiger partial charge in [-0.1, -0.05) is 0 Å². The smallest absolute Gasteiger partial charge is 0.232 e. The summed E-state index contributed by atoms with van der Waals surface area (Å²) in [7, 11) is 0. The lowest BCUT2D eigenvalue weighted by Crippen LogP contribution is -2.11. The van der Waals surface area contributed by atoms with E-state index in [1.54, 1.807) is 0 Å². The maximum Gasteiger partial charge on any atom is 0.232 e. The molecule has 0 unspecified atom stereocenters. The summed E-state index contributed by atoms with van der Waals surface area (Å²) in [6, 6.07) is 2.25. The number of aromatic nitrogens is 1. The van der Waals surface area contributed by atoms with Crippen LogP contribution in [0.2, 0.25) is 0 Å². The maximum absolute atomic E-state index is 9.22. The van der Waals surface area contributed by atoms with Gasteiger partial charge in [-0.05, 0) is 50.7 Å². The minimum atomic E-state index is 0.517. The Morgan fingerprint density at radius 1 is 1.31 bits per heavy atom. The van der Waals surface area contributed by atoms with Gasteiger partial charge in [-0.3, -0.25) is 0 Å². The lowest BCUT2D eigenvalue weighted by molar-refractivity contribution is 0.324. The van der Waals surface area contributed by atoms with Crippen LogP contribution in [-0.2, 0) is 12.8 Å². The van der Waals surface area contributed by atoms with Gasteiger partial charge in [0.25, 0.3) is 0 Å². The molecule has 3 heteroatoms. The van der Waals surface area contributed by atoms with Gasteiger partial charge in [-0.2, -0.15) is 5.26 Å². The molecule has 0 bridgehead atoms. The van der Waals surface area contributed by atoms with Gasteiger partial charge in [-0.25, -0.2) is 4.98 Å². The van der Waals surface area contributed by atoms with Crippen LogP contribution >= 0.6 is 0 Å². The summed E-state index contributed by atoms with van der Waals surface area (Å²) in [5, 5.41) is 9.22. The number of nitrogens with zero attached hydrogens (tertiary/aromatic N) is 2. The number of rotatable bonds is 2. The van der Waals surface area contributed by atoms with Crippen LogP contribution < -0.4 is 4.74 Å². The molecule has 0 saturated heterocycles. The van der Waals surface area contributed by atoms with E-state index in [-0.39, 0.29) is 0 Å². The summed E-state index contributed by atoms with van der Waals surface area (Å²) in [5.74, 6) is 0.517. The normalized spacial score (nSPS) is 14.1. The molecule has 84 valence electrons. The van der Waals surface area contributed by atoms with Crippen LogP contribution in [0, 0.1) is 18.3 Å². The Hall–Kier alpha value is -1.56. The molecule has 0 radical (unpaired) electrons. The van der Waals surface area contributed by atoms with E-state index < -0.39 is 0 Å². The summed E-state index contributed by atoms with van der Waals surface area (Å²) in [5.41, 5.74) is 4.12. The molecule has 0 N–H and O–H groups in total. The van der Waals surface area contributed by atoms with E-state index in [4.69, 9.17) is 4.74 Å². The van der Waals surface area contributed by atoms with Crippen molar-refractivity contribution in [1.29, 1.82) is 5.26 Å². The molecule has 0 saturated carbocycles. The molecule has 2 rings (SSSR count). The quantitative estimate of drug-likeness (QED) is 0.763. The van der Waals surface area contributed by atoms with E-state index >= 15 is 0 Å². The van der Waals surface area contributed by atoms with Gasteiger partial charge < -0.3 is 4.74 Å². The van der Waals surface area contributed by atoms with Crippen molar-refractivity contribution in [3.8, 4) is 11.9 Å². The van der Waals surface area contributed by atoms with Gasteiger partial charge in [0, 0.05) is 5.69 Å². The van der Waals surface area contributed by atoms with Crippen molar-refractivity contribution in [1.82, 2.24) is 4.98 Å². The molecule has 1 heterocycles. The first-order chi connectivity index (χ1) is 7.77. The number of fused-ring (bicyclic) bond motifs is 1. The van der Waals surface area contributed by atoms with Crippen LogP contribution in [0.3, 0.4) is 0 Å². The van der Waals surface area contributed by atoms with E-state index in [9.17, 15) is 5.26 Å². The fraction of sp³-hybridized carbons (Fsp3) is 0.538. The second-order valence-electron chi connectivity index (χ2n) is 4.09. The molecule has 0 spiro atoms. The maximum atomic E-state index is 9.22. The van der Waals surface area contributed by atoms with E-state index in [0.717, 1.165) is 25.0 Å². The molecule has 0 amide bonds. The van der Waals surface area contributed by atoms with E-state index in [0.29, 0.717) is 18.1 Å². The highest BCUT2D eigenvalue weighted by Crippen LogP contribution is 2.30. The van der Waals surface area contributed by atoms with E-state index in [1.165, 1.54) is 17.5 Å². The Morgan fingerprint density at radius 2 is 2.00 bits per heavy atom. The Bertz CT molecular complexity index is 446. The third-order valence-corrected chi connectivity index (χ3v) is 3.08. The zero-order valence-electron chi connectivity index (χ0n) is 9.84. The first-order valence-electron chi connectivity index (χ1n) is 5.83. The van der Waals surface area contributed by atoms with Crippen molar-refractivity contribution >= 4 is 0 Å². The molecule has 3 nitrogen and oxygen atoms in total. The molecule has 0 aromatic carbocycles. The summed E-state index contributed by atoms with van der Waals surface area (Å²) in [6.07, 6.45) is 4.40. The summed E-state index contributed by atoms with van der Waals surface area (Å²) in [4.78, 5) is 4.40. The van der Waals surface area contributed by atoms with Crippen molar-refractivity contribution in [2.45, 2.75) is 39.5 Å². The first kappa shape index (κ1) is 10.9. The molecule has 0 atom stereocenters. The average Bonchev–Trinajstić information content (AvgIpc) is 2.30. The lowest BCUT2D eigenvalue weighted by atomic mass is 9.88. The van der Waals surface area contributed by atoms with Crippen LogP contribution in [0.4, 0.5) is 0 Å². The monoisotopic (exact) mass is 216 g/mol. The minimum Gasteiger partial charge on any atom is -0.477 e. The number of aryl methyl sites for hydroxylation is 1.